The topological polar surface area (TPSA) is 37.4 Å². The van der Waals surface area contributed by atoms with Crippen molar-refractivity contribution >= 4 is 5.82 Å². The van der Waals surface area contributed by atoms with Crippen LogP contribution in [0, 0.1) is 0 Å². The van der Waals surface area contributed by atoms with E-state index in [-0.39, 0.29) is 0 Å². The van der Waals surface area contributed by atoms with Crippen LogP contribution < -0.4 is 15.0 Å². The summed E-state index contributed by atoms with van der Waals surface area (Å²) < 4.78 is 5.40. The fraction of sp³-hybridized carbons (Fsp3) is 0.353. The van der Waals surface area contributed by atoms with Gasteiger partial charge >= 0.3 is 0 Å². The molecule has 0 spiro atoms. The molecule has 1 N–H and O–H groups in total. The lowest BCUT2D eigenvalue weighted by atomic mass is 10.1. The van der Waals surface area contributed by atoms with E-state index in [0.717, 1.165) is 23.7 Å². The summed E-state index contributed by atoms with van der Waals surface area (Å²) in [5.41, 5.74) is 2.38. The highest BCUT2D eigenvalue weighted by molar-refractivity contribution is 5.44. The Morgan fingerprint density at radius 2 is 2.05 bits per heavy atom. The number of ether oxygens (including phenoxy) is 1. The smallest absolute Gasteiger partial charge is 0.128 e. The molecule has 4 heteroatoms. The van der Waals surface area contributed by atoms with Gasteiger partial charge in [-0.25, -0.2) is 4.98 Å². The molecular weight excluding hydrogens is 262 g/mol. The average molecular weight is 285 g/mol. The zero-order valence-electron chi connectivity index (χ0n) is 13.1. The number of anilines is 1. The van der Waals surface area contributed by atoms with E-state index >= 15 is 0 Å². The Kier molecular flexibility index (Phi) is 5.17. The number of nitrogens with one attached hydrogen (secondary N) is 1. The summed E-state index contributed by atoms with van der Waals surface area (Å²) in [6, 6.07) is 12.5. The summed E-state index contributed by atoms with van der Waals surface area (Å²) in [7, 11) is 5.71. The second-order valence-electron chi connectivity index (χ2n) is 5.13. The van der Waals surface area contributed by atoms with Gasteiger partial charge in [0.2, 0.25) is 0 Å². The minimum atomic E-state index is 0.311. The summed E-state index contributed by atoms with van der Waals surface area (Å²) in [6.07, 6.45) is 1.86. The lowest BCUT2D eigenvalue weighted by Gasteiger charge is -2.21. The van der Waals surface area contributed by atoms with Crippen molar-refractivity contribution < 1.29 is 4.74 Å². The van der Waals surface area contributed by atoms with Gasteiger partial charge < -0.3 is 15.0 Å². The molecule has 2 aromatic rings. The van der Waals surface area contributed by atoms with E-state index < -0.39 is 0 Å². The minimum Gasteiger partial charge on any atom is -0.496 e. The fourth-order valence-corrected chi connectivity index (χ4v) is 2.25. The molecule has 1 unspecified atom stereocenters. The second-order valence-corrected chi connectivity index (χ2v) is 5.13. The van der Waals surface area contributed by atoms with Gasteiger partial charge in [0.1, 0.15) is 11.6 Å². The van der Waals surface area contributed by atoms with Crippen molar-refractivity contribution in [2.75, 3.05) is 26.1 Å². The van der Waals surface area contributed by atoms with Crippen molar-refractivity contribution in [3.63, 3.8) is 0 Å². The Morgan fingerprint density at radius 3 is 2.76 bits per heavy atom. The Bertz CT molecular complexity index is 586. The standard InChI is InChI=1S/C17H23N3O/c1-13(18-2)14-9-10-19-17(11-14)20(3)12-15-7-5-6-8-16(15)21-4/h5-11,13,18H,12H2,1-4H3. The van der Waals surface area contributed by atoms with Gasteiger partial charge in [0.25, 0.3) is 0 Å². The number of aromatic nitrogens is 1. The Morgan fingerprint density at radius 1 is 1.29 bits per heavy atom. The molecule has 1 atom stereocenters. The van der Waals surface area contributed by atoms with Crippen LogP contribution in [0.1, 0.15) is 24.1 Å². The molecule has 1 heterocycles. The molecule has 1 aromatic heterocycles. The molecule has 0 saturated heterocycles. The third-order valence-electron chi connectivity index (χ3n) is 3.69. The molecule has 0 aliphatic rings. The number of benzene rings is 1. The van der Waals surface area contributed by atoms with E-state index in [9.17, 15) is 0 Å². The van der Waals surface area contributed by atoms with Crippen molar-refractivity contribution in [1.29, 1.82) is 0 Å². The molecule has 4 nitrogen and oxygen atoms in total. The Labute approximate surface area is 126 Å². The van der Waals surface area contributed by atoms with Crippen LogP contribution in [0.2, 0.25) is 0 Å². The van der Waals surface area contributed by atoms with Crippen molar-refractivity contribution in [3.8, 4) is 5.75 Å². The molecule has 0 aliphatic heterocycles. The third-order valence-corrected chi connectivity index (χ3v) is 3.69. The number of rotatable bonds is 6. The molecule has 0 radical (unpaired) electrons. The van der Waals surface area contributed by atoms with E-state index in [1.165, 1.54) is 5.56 Å². The lowest BCUT2D eigenvalue weighted by molar-refractivity contribution is 0.409. The van der Waals surface area contributed by atoms with Gasteiger partial charge in [0.15, 0.2) is 0 Å². The number of methoxy groups -OCH3 is 1. The van der Waals surface area contributed by atoms with Crippen LogP contribution in [-0.2, 0) is 6.54 Å². The van der Waals surface area contributed by atoms with Crippen molar-refractivity contribution in [2.45, 2.75) is 19.5 Å². The monoisotopic (exact) mass is 285 g/mol. The number of hydrogen-bond acceptors (Lipinski definition) is 4. The number of pyridine rings is 1. The summed E-state index contributed by atoms with van der Waals surface area (Å²) in [6.45, 7) is 2.90. The predicted molar refractivity (Wildman–Crippen MR) is 86.8 cm³/mol. The SMILES string of the molecule is CNC(C)c1ccnc(N(C)Cc2ccccc2OC)c1. The van der Waals surface area contributed by atoms with Crippen molar-refractivity contribution in [2.24, 2.45) is 0 Å². The quantitative estimate of drug-likeness (QED) is 0.885. The van der Waals surface area contributed by atoms with Gasteiger partial charge in [-0.3, -0.25) is 0 Å². The first kappa shape index (κ1) is 15.3. The molecular formula is C17H23N3O. The molecule has 0 fully saturated rings. The summed E-state index contributed by atoms with van der Waals surface area (Å²) in [5.74, 6) is 1.87. The molecule has 0 aliphatic carbocycles. The van der Waals surface area contributed by atoms with E-state index in [0.29, 0.717) is 6.04 Å². The summed E-state index contributed by atoms with van der Waals surface area (Å²) >= 11 is 0. The maximum Gasteiger partial charge on any atom is 0.128 e. The van der Waals surface area contributed by atoms with Gasteiger partial charge in [-0.05, 0) is 37.7 Å². The molecule has 112 valence electrons. The molecule has 21 heavy (non-hydrogen) atoms. The molecule has 0 saturated carbocycles. The molecule has 0 bridgehead atoms. The molecule has 2 rings (SSSR count). The van der Waals surface area contributed by atoms with Crippen LogP contribution in [0.5, 0.6) is 5.75 Å². The maximum atomic E-state index is 5.40. The average Bonchev–Trinajstić information content (AvgIpc) is 2.54. The summed E-state index contributed by atoms with van der Waals surface area (Å²) in [5, 5.41) is 3.25. The number of nitrogens with zero attached hydrogens (tertiary/aromatic N) is 2. The molecule has 1 aromatic carbocycles. The zero-order valence-corrected chi connectivity index (χ0v) is 13.1. The highest BCUT2D eigenvalue weighted by Gasteiger charge is 2.10. The Balaban J connectivity index is 2.18. The first-order valence-corrected chi connectivity index (χ1v) is 7.12. The minimum absolute atomic E-state index is 0.311. The van der Waals surface area contributed by atoms with Crippen LogP contribution in [-0.4, -0.2) is 26.2 Å². The van der Waals surface area contributed by atoms with Crippen LogP contribution in [0.25, 0.3) is 0 Å². The second kappa shape index (κ2) is 7.09. The van der Waals surface area contributed by atoms with Crippen molar-refractivity contribution in [3.05, 3.63) is 53.7 Å². The summed E-state index contributed by atoms with van der Waals surface area (Å²) in [4.78, 5) is 6.59. The van der Waals surface area contributed by atoms with Crippen molar-refractivity contribution in [1.82, 2.24) is 10.3 Å². The Hall–Kier alpha value is -2.07. The third kappa shape index (κ3) is 3.73. The van der Waals surface area contributed by atoms with Crippen LogP contribution >= 0.6 is 0 Å². The lowest BCUT2D eigenvalue weighted by Crippen LogP contribution is -2.19. The first-order chi connectivity index (χ1) is 10.2. The maximum absolute atomic E-state index is 5.40. The van der Waals surface area contributed by atoms with E-state index in [4.69, 9.17) is 4.74 Å². The zero-order chi connectivity index (χ0) is 15.2. The predicted octanol–water partition coefficient (Wildman–Crippen LogP) is 3.01. The molecule has 0 amide bonds. The number of para-hydroxylation sites is 1. The van der Waals surface area contributed by atoms with Gasteiger partial charge in [-0.2, -0.15) is 0 Å². The highest BCUT2D eigenvalue weighted by Crippen LogP contribution is 2.22. The van der Waals surface area contributed by atoms with Crippen LogP contribution in [0.4, 0.5) is 5.82 Å². The van der Waals surface area contributed by atoms with E-state index in [1.54, 1.807) is 7.11 Å². The normalized spacial score (nSPS) is 12.0. The largest absolute Gasteiger partial charge is 0.496 e. The van der Waals surface area contributed by atoms with Gasteiger partial charge in [0.05, 0.1) is 7.11 Å². The van der Waals surface area contributed by atoms with Gasteiger partial charge in [-0.1, -0.05) is 18.2 Å². The number of hydrogen-bond donors (Lipinski definition) is 1. The van der Waals surface area contributed by atoms with Gasteiger partial charge in [-0.15, -0.1) is 0 Å². The van der Waals surface area contributed by atoms with Gasteiger partial charge in [0, 0.05) is 31.4 Å². The van der Waals surface area contributed by atoms with E-state index in [2.05, 4.69) is 34.3 Å². The van der Waals surface area contributed by atoms with E-state index in [1.807, 2.05) is 44.6 Å². The fourth-order valence-electron chi connectivity index (χ4n) is 2.25. The van der Waals surface area contributed by atoms with Crippen LogP contribution in [0.3, 0.4) is 0 Å². The highest BCUT2D eigenvalue weighted by atomic mass is 16.5. The van der Waals surface area contributed by atoms with Crippen LogP contribution in [0.15, 0.2) is 42.6 Å². The first-order valence-electron chi connectivity index (χ1n) is 7.12.